The van der Waals surface area contributed by atoms with Crippen LogP contribution in [0.5, 0.6) is 0 Å². The molecule has 0 radical (unpaired) electrons. The molecular formula is C20H25N3O3S2. The summed E-state index contributed by atoms with van der Waals surface area (Å²) in [6.07, 6.45) is 4.53. The smallest absolute Gasteiger partial charge is 0.261 e. The molecule has 0 aliphatic heterocycles. The van der Waals surface area contributed by atoms with E-state index in [2.05, 4.69) is 22.3 Å². The van der Waals surface area contributed by atoms with Crippen molar-refractivity contribution in [2.75, 3.05) is 10.0 Å². The molecule has 0 saturated heterocycles. The van der Waals surface area contributed by atoms with Crippen molar-refractivity contribution >= 4 is 44.6 Å². The lowest BCUT2D eigenvalue weighted by atomic mass is 10.1. The molecule has 6 nitrogen and oxygen atoms in total. The zero-order valence-electron chi connectivity index (χ0n) is 15.8. The monoisotopic (exact) mass is 419 g/mol. The number of nitrogens with one attached hydrogen (secondary N) is 3. The first-order chi connectivity index (χ1) is 13.4. The molecule has 1 amide bonds. The third-order valence-electron chi connectivity index (χ3n) is 3.96. The third-order valence-corrected chi connectivity index (χ3v) is 5.56. The zero-order valence-corrected chi connectivity index (χ0v) is 17.4. The van der Waals surface area contributed by atoms with Gasteiger partial charge in [-0.2, -0.15) is 0 Å². The number of hydrogen-bond donors (Lipinski definition) is 3. The fourth-order valence-corrected chi connectivity index (χ4v) is 3.79. The van der Waals surface area contributed by atoms with Crippen molar-refractivity contribution in [3.05, 3.63) is 54.6 Å². The number of anilines is 2. The van der Waals surface area contributed by atoms with Crippen LogP contribution in [0.25, 0.3) is 0 Å². The predicted octanol–water partition coefficient (Wildman–Crippen LogP) is 4.27. The highest BCUT2D eigenvalue weighted by atomic mass is 32.2. The Morgan fingerprint density at radius 3 is 2.25 bits per heavy atom. The molecule has 3 N–H and O–H groups in total. The molecule has 0 aromatic heterocycles. The van der Waals surface area contributed by atoms with Crippen LogP contribution >= 0.6 is 12.2 Å². The van der Waals surface area contributed by atoms with Gasteiger partial charge in [0, 0.05) is 17.8 Å². The van der Waals surface area contributed by atoms with Crippen molar-refractivity contribution in [2.45, 2.75) is 43.9 Å². The first kappa shape index (κ1) is 21.8. The maximum atomic E-state index is 12.4. The molecule has 0 aliphatic rings. The van der Waals surface area contributed by atoms with Crippen LogP contribution in [0.2, 0.25) is 0 Å². The van der Waals surface area contributed by atoms with Gasteiger partial charge in [-0.1, -0.05) is 44.4 Å². The van der Waals surface area contributed by atoms with Crippen LogP contribution < -0.4 is 15.4 Å². The van der Waals surface area contributed by atoms with Gasteiger partial charge < -0.3 is 10.6 Å². The van der Waals surface area contributed by atoms with E-state index in [4.69, 9.17) is 12.2 Å². The highest BCUT2D eigenvalue weighted by molar-refractivity contribution is 7.92. The van der Waals surface area contributed by atoms with Gasteiger partial charge in [-0.25, -0.2) is 8.42 Å². The van der Waals surface area contributed by atoms with E-state index in [-0.39, 0.29) is 15.9 Å². The second-order valence-electron chi connectivity index (χ2n) is 6.31. The van der Waals surface area contributed by atoms with Crippen LogP contribution in [0, 0.1) is 0 Å². The molecule has 0 bridgehead atoms. The molecule has 0 unspecified atom stereocenters. The number of hydrogen-bond acceptors (Lipinski definition) is 4. The number of amides is 1. The van der Waals surface area contributed by atoms with Gasteiger partial charge >= 0.3 is 0 Å². The van der Waals surface area contributed by atoms with Crippen LogP contribution in [0.1, 0.15) is 39.0 Å². The van der Waals surface area contributed by atoms with Gasteiger partial charge in [-0.05, 0) is 55.0 Å². The fraction of sp³-hybridized carbons (Fsp3) is 0.300. The van der Waals surface area contributed by atoms with Gasteiger partial charge in [0.1, 0.15) is 0 Å². The predicted molar refractivity (Wildman–Crippen MR) is 117 cm³/mol. The van der Waals surface area contributed by atoms with Gasteiger partial charge in [-0.3, -0.25) is 9.52 Å². The van der Waals surface area contributed by atoms with Crippen molar-refractivity contribution in [2.24, 2.45) is 0 Å². The molecule has 2 rings (SSSR count). The number of carbonyl (C=O) groups excluding carboxylic acids is 1. The van der Waals surface area contributed by atoms with E-state index < -0.39 is 10.0 Å². The van der Waals surface area contributed by atoms with Crippen LogP contribution in [-0.4, -0.2) is 19.4 Å². The standard InChI is InChI=1S/C20H25N3O3S2/c1-2-3-4-8-11-19(24)22-20(27)21-16-12-14-18(15-13-16)28(25,26)23-17-9-6-5-7-10-17/h5-7,9-10,12-15,23H,2-4,8,11H2,1H3,(H2,21,22,24,27). The normalized spacial score (nSPS) is 10.9. The summed E-state index contributed by atoms with van der Waals surface area (Å²) >= 11 is 5.13. The Labute approximate surface area is 171 Å². The van der Waals surface area contributed by atoms with Crippen molar-refractivity contribution in [3.8, 4) is 0 Å². The summed E-state index contributed by atoms with van der Waals surface area (Å²) in [6, 6.07) is 14.8. The maximum absolute atomic E-state index is 12.4. The summed E-state index contributed by atoms with van der Waals surface area (Å²) in [7, 11) is -3.67. The van der Waals surface area contributed by atoms with E-state index in [1.54, 1.807) is 36.4 Å². The second-order valence-corrected chi connectivity index (χ2v) is 8.40. The number of sulfonamides is 1. The maximum Gasteiger partial charge on any atom is 0.261 e. The van der Waals surface area contributed by atoms with Crippen LogP contribution in [0.3, 0.4) is 0 Å². The topological polar surface area (TPSA) is 87.3 Å². The van der Waals surface area contributed by atoms with E-state index >= 15 is 0 Å². The van der Waals surface area contributed by atoms with E-state index in [1.807, 2.05) is 6.07 Å². The molecular weight excluding hydrogens is 394 g/mol. The molecule has 0 spiro atoms. The van der Waals surface area contributed by atoms with Gasteiger partial charge in [-0.15, -0.1) is 0 Å². The number of unbranched alkanes of at least 4 members (excludes halogenated alkanes) is 3. The summed E-state index contributed by atoms with van der Waals surface area (Å²) in [6.45, 7) is 2.12. The Morgan fingerprint density at radius 1 is 0.929 bits per heavy atom. The lowest BCUT2D eigenvalue weighted by Gasteiger charge is -2.11. The van der Waals surface area contributed by atoms with Crippen LogP contribution in [-0.2, 0) is 14.8 Å². The summed E-state index contributed by atoms with van der Waals surface area (Å²) < 4.78 is 27.3. The van der Waals surface area contributed by atoms with Gasteiger partial charge in [0.05, 0.1) is 4.90 Å². The van der Waals surface area contributed by atoms with E-state index in [0.29, 0.717) is 17.8 Å². The number of carbonyl (C=O) groups is 1. The quantitative estimate of drug-likeness (QED) is 0.417. The summed E-state index contributed by atoms with van der Waals surface area (Å²) in [5.74, 6) is -0.125. The Morgan fingerprint density at radius 2 is 1.61 bits per heavy atom. The highest BCUT2D eigenvalue weighted by Gasteiger charge is 2.14. The number of thiocarbonyl (C=S) groups is 1. The zero-order chi connectivity index (χ0) is 20.4. The Hall–Kier alpha value is -2.45. The average molecular weight is 420 g/mol. The Balaban J connectivity index is 1.88. The van der Waals surface area contributed by atoms with Gasteiger partial charge in [0.15, 0.2) is 5.11 Å². The number of para-hydroxylation sites is 1. The lowest BCUT2D eigenvalue weighted by molar-refractivity contribution is -0.119. The van der Waals surface area contributed by atoms with E-state index in [1.165, 1.54) is 12.1 Å². The van der Waals surface area contributed by atoms with Crippen molar-refractivity contribution < 1.29 is 13.2 Å². The van der Waals surface area contributed by atoms with Crippen LogP contribution in [0.15, 0.2) is 59.5 Å². The molecule has 0 aliphatic carbocycles. The number of benzene rings is 2. The van der Waals surface area contributed by atoms with E-state index in [9.17, 15) is 13.2 Å². The third kappa shape index (κ3) is 7.28. The van der Waals surface area contributed by atoms with Crippen molar-refractivity contribution in [1.29, 1.82) is 0 Å². The van der Waals surface area contributed by atoms with Crippen LogP contribution in [0.4, 0.5) is 11.4 Å². The van der Waals surface area contributed by atoms with Gasteiger partial charge in [0.25, 0.3) is 10.0 Å². The minimum Gasteiger partial charge on any atom is -0.332 e. The molecule has 0 saturated carbocycles. The van der Waals surface area contributed by atoms with E-state index in [0.717, 1.165) is 25.7 Å². The summed E-state index contributed by atoms with van der Waals surface area (Å²) in [5, 5.41) is 5.71. The minimum absolute atomic E-state index is 0.125. The molecule has 0 fully saturated rings. The first-order valence-electron chi connectivity index (χ1n) is 9.19. The number of rotatable bonds is 9. The second kappa shape index (κ2) is 10.8. The highest BCUT2D eigenvalue weighted by Crippen LogP contribution is 2.18. The molecule has 2 aromatic rings. The molecule has 150 valence electrons. The molecule has 0 atom stereocenters. The largest absolute Gasteiger partial charge is 0.332 e. The van der Waals surface area contributed by atoms with Gasteiger partial charge in [0.2, 0.25) is 5.91 Å². The molecule has 8 heteroatoms. The lowest BCUT2D eigenvalue weighted by Crippen LogP contribution is -2.33. The summed E-state index contributed by atoms with van der Waals surface area (Å²) in [5.41, 5.74) is 1.09. The summed E-state index contributed by atoms with van der Waals surface area (Å²) in [4.78, 5) is 12.0. The fourth-order valence-electron chi connectivity index (χ4n) is 2.50. The Kier molecular flexibility index (Phi) is 8.41. The Bertz CT molecular complexity index is 883. The van der Waals surface area contributed by atoms with Crippen molar-refractivity contribution in [1.82, 2.24) is 5.32 Å². The molecule has 2 aromatic carbocycles. The molecule has 28 heavy (non-hydrogen) atoms. The SMILES string of the molecule is CCCCCCC(=O)NC(=S)Nc1ccc(S(=O)(=O)Nc2ccccc2)cc1. The van der Waals surface area contributed by atoms with Crippen molar-refractivity contribution in [3.63, 3.8) is 0 Å². The molecule has 0 heterocycles. The average Bonchev–Trinajstić information content (AvgIpc) is 2.66. The minimum atomic E-state index is -3.67. The first-order valence-corrected chi connectivity index (χ1v) is 11.1.